The summed E-state index contributed by atoms with van der Waals surface area (Å²) < 4.78 is 11.9. The highest BCUT2D eigenvalue weighted by Crippen LogP contribution is 2.46. The van der Waals surface area contributed by atoms with Crippen molar-refractivity contribution in [1.82, 2.24) is 0 Å². The zero-order chi connectivity index (χ0) is 20.5. The predicted molar refractivity (Wildman–Crippen MR) is 116 cm³/mol. The molecule has 0 radical (unpaired) electrons. The van der Waals surface area contributed by atoms with Crippen LogP contribution in [-0.4, -0.2) is 33.2 Å². The van der Waals surface area contributed by atoms with Gasteiger partial charge in [-0.25, -0.2) is 0 Å². The van der Waals surface area contributed by atoms with Crippen LogP contribution in [0.5, 0.6) is 11.5 Å². The van der Waals surface area contributed by atoms with E-state index in [4.69, 9.17) is 9.47 Å². The Morgan fingerprint density at radius 3 is 2.52 bits per heavy atom. The van der Waals surface area contributed by atoms with Crippen molar-refractivity contribution in [2.45, 2.75) is 37.8 Å². The van der Waals surface area contributed by atoms with Crippen LogP contribution in [0.4, 0.5) is 11.4 Å². The van der Waals surface area contributed by atoms with Crippen LogP contribution in [0.15, 0.2) is 49.1 Å². The first-order chi connectivity index (χ1) is 14.0. The number of amides is 1. The van der Waals surface area contributed by atoms with Gasteiger partial charge in [-0.15, -0.1) is 6.58 Å². The number of methoxy groups -OCH3 is 1. The molecule has 29 heavy (non-hydrogen) atoms. The van der Waals surface area contributed by atoms with E-state index in [-0.39, 0.29) is 18.1 Å². The summed E-state index contributed by atoms with van der Waals surface area (Å²) in [4.78, 5) is 17.1. The Morgan fingerprint density at radius 2 is 1.86 bits per heavy atom. The van der Waals surface area contributed by atoms with Crippen LogP contribution < -0.4 is 19.3 Å². The average molecular weight is 392 g/mol. The molecule has 0 bridgehead atoms. The van der Waals surface area contributed by atoms with E-state index < -0.39 is 0 Å². The molecule has 1 fully saturated rings. The van der Waals surface area contributed by atoms with E-state index in [9.17, 15) is 4.79 Å². The smallest absolute Gasteiger partial charge is 0.259 e. The van der Waals surface area contributed by atoms with Crippen molar-refractivity contribution in [2.75, 3.05) is 31.0 Å². The van der Waals surface area contributed by atoms with Gasteiger partial charge < -0.3 is 14.4 Å². The molecule has 1 aliphatic carbocycles. The van der Waals surface area contributed by atoms with Crippen molar-refractivity contribution in [2.24, 2.45) is 0 Å². The molecule has 5 heteroatoms. The first-order valence-electron chi connectivity index (χ1n) is 10.2. The van der Waals surface area contributed by atoms with Crippen molar-refractivity contribution >= 4 is 17.3 Å². The number of carbonyl (C=O) groups is 1. The minimum atomic E-state index is -0.217. The molecule has 152 valence electrons. The van der Waals surface area contributed by atoms with Crippen LogP contribution in [0.2, 0.25) is 0 Å². The van der Waals surface area contributed by atoms with E-state index in [1.165, 1.54) is 12.8 Å². The van der Waals surface area contributed by atoms with Gasteiger partial charge in [-0.2, -0.15) is 0 Å². The van der Waals surface area contributed by atoms with Crippen molar-refractivity contribution in [3.05, 3.63) is 60.2 Å². The minimum absolute atomic E-state index is 0.0226. The molecule has 2 aliphatic rings. The van der Waals surface area contributed by atoms with Gasteiger partial charge in [0.15, 0.2) is 11.5 Å². The summed E-state index contributed by atoms with van der Waals surface area (Å²) in [5.41, 5.74) is 3.39. The molecule has 0 spiro atoms. The van der Waals surface area contributed by atoms with E-state index >= 15 is 0 Å². The third-order valence-electron chi connectivity index (χ3n) is 5.83. The lowest BCUT2D eigenvalue weighted by Crippen LogP contribution is -2.29. The van der Waals surface area contributed by atoms with E-state index in [1.807, 2.05) is 66.4 Å². The van der Waals surface area contributed by atoms with Gasteiger partial charge in [0.25, 0.3) is 5.91 Å². The predicted octanol–water partition coefficient (Wildman–Crippen LogP) is 4.97. The fourth-order valence-electron chi connectivity index (χ4n) is 4.36. The topological polar surface area (TPSA) is 42.0 Å². The van der Waals surface area contributed by atoms with Gasteiger partial charge in [-0.05, 0) is 37.3 Å². The molecule has 2 aromatic rings. The lowest BCUT2D eigenvalue weighted by Gasteiger charge is -2.29. The molecule has 1 amide bonds. The maximum Gasteiger partial charge on any atom is 0.259 e. The number of fused-ring (bicyclic) bond motifs is 1. The molecule has 0 saturated heterocycles. The minimum Gasteiger partial charge on any atom is -0.493 e. The number of ether oxygens (including phenoxy) is 2. The molecule has 4 rings (SSSR count). The van der Waals surface area contributed by atoms with Crippen LogP contribution in [0.3, 0.4) is 0 Å². The molecule has 1 saturated carbocycles. The van der Waals surface area contributed by atoms with E-state index in [0.29, 0.717) is 11.5 Å². The summed E-state index contributed by atoms with van der Waals surface area (Å²) in [5, 5.41) is 0. The highest BCUT2D eigenvalue weighted by atomic mass is 16.5. The van der Waals surface area contributed by atoms with Crippen LogP contribution in [-0.2, 0) is 0 Å². The van der Waals surface area contributed by atoms with Gasteiger partial charge in [-0.1, -0.05) is 24.3 Å². The molecule has 2 aromatic carbocycles. The fourth-order valence-corrected chi connectivity index (χ4v) is 4.36. The molecular formula is C24H28N2O3. The molecule has 1 aliphatic heterocycles. The summed E-state index contributed by atoms with van der Waals surface area (Å²) in [5.74, 6) is 1.35. The van der Waals surface area contributed by atoms with Gasteiger partial charge in [-0.3, -0.25) is 9.69 Å². The summed E-state index contributed by atoms with van der Waals surface area (Å²) in [7, 11) is 5.58. The first-order valence-corrected chi connectivity index (χ1v) is 10.2. The van der Waals surface area contributed by atoms with Crippen LogP contribution in [0.1, 0.15) is 47.6 Å². The average Bonchev–Trinajstić information content (AvgIpc) is 3.33. The number of rotatable bonds is 6. The number of carbonyl (C=O) groups excluding carboxylic acids is 1. The van der Waals surface area contributed by atoms with E-state index in [0.717, 1.165) is 35.3 Å². The Balaban J connectivity index is 1.83. The Bertz CT molecular complexity index is 932. The summed E-state index contributed by atoms with van der Waals surface area (Å²) in [6.45, 7) is 4.00. The first kappa shape index (κ1) is 19.4. The summed E-state index contributed by atoms with van der Waals surface area (Å²) in [6, 6.07) is 11.4. The number of anilines is 2. The standard InChI is InChI=1S/C24H28N2O3/c1-5-19-17-12-8-9-13-18(17)24(27)26(19)21-15-23(29-16-10-6-7-11-16)22(28-4)14-20(21)25(2)3/h5,8-9,12-16,19H,1,6-7,10-11H2,2-4H3. The van der Waals surface area contributed by atoms with Crippen LogP contribution in [0, 0.1) is 0 Å². The monoisotopic (exact) mass is 392 g/mol. The Hall–Kier alpha value is -2.95. The quantitative estimate of drug-likeness (QED) is 0.651. The number of benzene rings is 2. The molecule has 1 unspecified atom stereocenters. The second-order valence-electron chi connectivity index (χ2n) is 7.85. The zero-order valence-electron chi connectivity index (χ0n) is 17.4. The van der Waals surface area contributed by atoms with Gasteiger partial charge in [0.2, 0.25) is 0 Å². The molecule has 0 N–H and O–H groups in total. The number of hydrogen-bond donors (Lipinski definition) is 0. The van der Waals surface area contributed by atoms with E-state index in [2.05, 4.69) is 6.58 Å². The maximum absolute atomic E-state index is 13.3. The van der Waals surface area contributed by atoms with Crippen LogP contribution in [0.25, 0.3) is 0 Å². The number of hydrogen-bond acceptors (Lipinski definition) is 4. The third kappa shape index (κ3) is 3.35. The van der Waals surface area contributed by atoms with E-state index in [1.54, 1.807) is 7.11 Å². The van der Waals surface area contributed by atoms with Gasteiger partial charge in [0, 0.05) is 31.8 Å². The van der Waals surface area contributed by atoms with Crippen molar-refractivity contribution < 1.29 is 14.3 Å². The van der Waals surface area contributed by atoms with Gasteiger partial charge >= 0.3 is 0 Å². The highest BCUT2D eigenvalue weighted by molar-refractivity contribution is 6.13. The zero-order valence-corrected chi connectivity index (χ0v) is 17.4. The van der Waals surface area contributed by atoms with Gasteiger partial charge in [0.1, 0.15) is 0 Å². The highest BCUT2D eigenvalue weighted by Gasteiger charge is 2.37. The lowest BCUT2D eigenvalue weighted by atomic mass is 10.0. The van der Waals surface area contributed by atoms with Gasteiger partial charge in [0.05, 0.1) is 30.6 Å². The lowest BCUT2D eigenvalue weighted by molar-refractivity contribution is 0.0994. The van der Waals surface area contributed by atoms with Crippen LogP contribution >= 0.6 is 0 Å². The second kappa shape index (κ2) is 7.82. The molecule has 1 atom stereocenters. The Kier molecular flexibility index (Phi) is 5.22. The second-order valence-corrected chi connectivity index (χ2v) is 7.85. The largest absolute Gasteiger partial charge is 0.493 e. The third-order valence-corrected chi connectivity index (χ3v) is 5.83. The fraction of sp³-hybridized carbons (Fsp3) is 0.375. The van der Waals surface area contributed by atoms with Crippen molar-refractivity contribution in [1.29, 1.82) is 0 Å². The maximum atomic E-state index is 13.3. The number of nitrogens with zero attached hydrogens (tertiary/aromatic N) is 2. The summed E-state index contributed by atoms with van der Waals surface area (Å²) >= 11 is 0. The molecule has 1 heterocycles. The Labute approximate surface area is 172 Å². The molecular weight excluding hydrogens is 364 g/mol. The summed E-state index contributed by atoms with van der Waals surface area (Å²) in [6.07, 6.45) is 6.50. The molecule has 5 nitrogen and oxygen atoms in total. The normalized spacial score (nSPS) is 18.7. The van der Waals surface area contributed by atoms with Crippen molar-refractivity contribution in [3.8, 4) is 11.5 Å². The molecule has 0 aromatic heterocycles. The van der Waals surface area contributed by atoms with Crippen molar-refractivity contribution in [3.63, 3.8) is 0 Å². The Morgan fingerprint density at radius 1 is 1.14 bits per heavy atom. The SMILES string of the molecule is C=CC1c2ccccc2C(=O)N1c1cc(OC2CCCC2)c(OC)cc1N(C)C.